The summed E-state index contributed by atoms with van der Waals surface area (Å²) < 4.78 is 8.44. The van der Waals surface area contributed by atoms with Crippen molar-refractivity contribution in [2.75, 3.05) is 7.11 Å². The summed E-state index contributed by atoms with van der Waals surface area (Å²) in [6.45, 7) is 4.36. The third-order valence-corrected chi connectivity index (χ3v) is 2.80. The number of carbonyl (C=O) groups is 1. The number of nitrogens with zero attached hydrogens (tertiary/aromatic N) is 4. The average Bonchev–Trinajstić information content (AvgIpc) is 2.90. The Hall–Kier alpha value is -2.11. The zero-order chi connectivity index (χ0) is 13.3. The van der Waals surface area contributed by atoms with Gasteiger partial charge in [0.1, 0.15) is 0 Å². The molecule has 0 unspecified atom stereocenters. The maximum Gasteiger partial charge on any atom is 0.218 e. The minimum atomic E-state index is -0.114. The van der Waals surface area contributed by atoms with Crippen LogP contribution in [0.25, 0.3) is 0 Å². The molecule has 0 aliphatic rings. The largest absolute Gasteiger partial charge is 0.493 e. The summed E-state index contributed by atoms with van der Waals surface area (Å²) in [5.74, 6) is 0.377. The molecular formula is C12H16N4O2. The maximum atomic E-state index is 12.5. The molecule has 0 saturated carbocycles. The van der Waals surface area contributed by atoms with E-state index in [-0.39, 0.29) is 5.78 Å². The van der Waals surface area contributed by atoms with Gasteiger partial charge >= 0.3 is 0 Å². The van der Waals surface area contributed by atoms with Crippen molar-refractivity contribution in [1.29, 1.82) is 0 Å². The number of aromatic nitrogens is 4. The lowest BCUT2D eigenvalue weighted by atomic mass is 10.1. The van der Waals surface area contributed by atoms with Crippen LogP contribution >= 0.6 is 0 Å². The van der Waals surface area contributed by atoms with E-state index in [1.807, 2.05) is 13.8 Å². The molecule has 0 radical (unpaired) electrons. The van der Waals surface area contributed by atoms with Crippen LogP contribution in [-0.4, -0.2) is 32.5 Å². The highest BCUT2D eigenvalue weighted by atomic mass is 16.5. The second kappa shape index (κ2) is 4.64. The molecule has 0 aliphatic carbocycles. The summed E-state index contributed by atoms with van der Waals surface area (Å²) in [6.07, 6.45) is 3.27. The molecule has 2 heterocycles. The van der Waals surface area contributed by atoms with E-state index in [1.165, 1.54) is 7.11 Å². The van der Waals surface area contributed by atoms with Gasteiger partial charge < -0.3 is 4.74 Å². The predicted octanol–water partition coefficient (Wildman–Crippen LogP) is 1.18. The lowest BCUT2D eigenvalue weighted by Gasteiger charge is -2.05. The quantitative estimate of drug-likeness (QED) is 0.762. The van der Waals surface area contributed by atoms with E-state index in [0.29, 0.717) is 29.2 Å². The minimum absolute atomic E-state index is 0.114. The Labute approximate surface area is 105 Å². The van der Waals surface area contributed by atoms with Crippen LogP contribution in [0.15, 0.2) is 12.4 Å². The highest BCUT2D eigenvalue weighted by Gasteiger charge is 2.23. The molecule has 18 heavy (non-hydrogen) atoms. The normalized spacial score (nSPS) is 10.7. The van der Waals surface area contributed by atoms with Crippen LogP contribution in [0, 0.1) is 6.92 Å². The molecule has 0 aromatic carbocycles. The molecular weight excluding hydrogens is 232 g/mol. The van der Waals surface area contributed by atoms with Crippen molar-refractivity contribution in [1.82, 2.24) is 19.6 Å². The number of ether oxygens (including phenoxy) is 1. The summed E-state index contributed by atoms with van der Waals surface area (Å²) in [4.78, 5) is 12.5. The van der Waals surface area contributed by atoms with Crippen LogP contribution in [0.2, 0.25) is 0 Å². The fourth-order valence-corrected chi connectivity index (χ4v) is 1.94. The fraction of sp³-hybridized carbons (Fsp3) is 0.417. The molecule has 0 amide bonds. The lowest BCUT2D eigenvalue weighted by Crippen LogP contribution is -2.12. The molecule has 0 aliphatic heterocycles. The van der Waals surface area contributed by atoms with E-state index >= 15 is 0 Å². The number of aryl methyl sites for hydroxylation is 3. The molecule has 0 spiro atoms. The molecule has 2 aromatic rings. The van der Waals surface area contributed by atoms with Gasteiger partial charge in [0, 0.05) is 19.8 Å². The Morgan fingerprint density at radius 3 is 2.72 bits per heavy atom. The van der Waals surface area contributed by atoms with Crippen LogP contribution in [-0.2, 0) is 13.6 Å². The van der Waals surface area contributed by atoms with E-state index in [9.17, 15) is 4.79 Å². The van der Waals surface area contributed by atoms with Crippen molar-refractivity contribution in [3.8, 4) is 5.75 Å². The van der Waals surface area contributed by atoms with E-state index in [4.69, 9.17) is 4.74 Å². The molecule has 6 heteroatoms. The van der Waals surface area contributed by atoms with Crippen molar-refractivity contribution in [3.05, 3.63) is 29.3 Å². The average molecular weight is 248 g/mol. The van der Waals surface area contributed by atoms with Gasteiger partial charge in [0.25, 0.3) is 0 Å². The summed E-state index contributed by atoms with van der Waals surface area (Å²) >= 11 is 0. The number of rotatable bonds is 4. The third-order valence-electron chi connectivity index (χ3n) is 2.80. The topological polar surface area (TPSA) is 61.9 Å². The van der Waals surface area contributed by atoms with E-state index in [2.05, 4.69) is 10.2 Å². The number of carbonyl (C=O) groups excluding carboxylic acids is 1. The first-order valence-electron chi connectivity index (χ1n) is 5.73. The van der Waals surface area contributed by atoms with Gasteiger partial charge in [-0.25, -0.2) is 0 Å². The first kappa shape index (κ1) is 12.3. The van der Waals surface area contributed by atoms with Gasteiger partial charge in [-0.2, -0.15) is 10.2 Å². The van der Waals surface area contributed by atoms with Gasteiger partial charge in [0.15, 0.2) is 11.4 Å². The highest BCUT2D eigenvalue weighted by molar-refractivity contribution is 6.10. The van der Waals surface area contributed by atoms with Crippen molar-refractivity contribution < 1.29 is 9.53 Å². The fourth-order valence-electron chi connectivity index (χ4n) is 1.94. The SMILES string of the molecule is CCn1ncc(OC)c1C(=O)c1cn(C)nc1C. The monoisotopic (exact) mass is 248 g/mol. The van der Waals surface area contributed by atoms with Gasteiger partial charge in [-0.05, 0) is 13.8 Å². The number of methoxy groups -OCH3 is 1. The van der Waals surface area contributed by atoms with Crippen LogP contribution in [0.3, 0.4) is 0 Å². The molecule has 0 atom stereocenters. The lowest BCUT2D eigenvalue weighted by molar-refractivity contribution is 0.102. The molecule has 96 valence electrons. The molecule has 6 nitrogen and oxygen atoms in total. The van der Waals surface area contributed by atoms with E-state index in [1.54, 1.807) is 28.8 Å². The van der Waals surface area contributed by atoms with Gasteiger partial charge in [-0.1, -0.05) is 0 Å². The summed E-state index contributed by atoms with van der Waals surface area (Å²) in [5, 5.41) is 8.31. The van der Waals surface area contributed by atoms with Crippen LogP contribution < -0.4 is 4.74 Å². The standard InChI is InChI=1S/C12H16N4O2/c1-5-16-11(10(18-4)6-13-16)12(17)9-7-15(3)14-8(9)2/h6-7H,5H2,1-4H3. The minimum Gasteiger partial charge on any atom is -0.493 e. The third kappa shape index (κ3) is 1.90. The van der Waals surface area contributed by atoms with Gasteiger partial charge in [0.2, 0.25) is 5.78 Å². The van der Waals surface area contributed by atoms with Crippen molar-refractivity contribution in [3.63, 3.8) is 0 Å². The Balaban J connectivity index is 2.51. The smallest absolute Gasteiger partial charge is 0.218 e. The molecule has 2 rings (SSSR count). The molecule has 2 aromatic heterocycles. The Bertz CT molecular complexity index is 561. The highest BCUT2D eigenvalue weighted by Crippen LogP contribution is 2.22. The maximum absolute atomic E-state index is 12.5. The van der Waals surface area contributed by atoms with Crippen molar-refractivity contribution in [2.45, 2.75) is 20.4 Å². The first-order valence-corrected chi connectivity index (χ1v) is 5.73. The molecule has 0 fully saturated rings. The summed E-state index contributed by atoms with van der Waals surface area (Å²) in [7, 11) is 3.32. The first-order chi connectivity index (χ1) is 8.58. The number of hydrogen-bond donors (Lipinski definition) is 0. The second-order valence-electron chi connectivity index (χ2n) is 4.01. The molecule has 0 bridgehead atoms. The van der Waals surface area contributed by atoms with E-state index in [0.717, 1.165) is 0 Å². The zero-order valence-electron chi connectivity index (χ0n) is 11.0. The zero-order valence-corrected chi connectivity index (χ0v) is 11.0. The van der Waals surface area contributed by atoms with Crippen LogP contribution in [0.1, 0.15) is 28.7 Å². The Morgan fingerprint density at radius 2 is 2.22 bits per heavy atom. The number of hydrogen-bond acceptors (Lipinski definition) is 4. The second-order valence-corrected chi connectivity index (χ2v) is 4.01. The molecule has 0 saturated heterocycles. The van der Waals surface area contributed by atoms with Crippen molar-refractivity contribution >= 4 is 5.78 Å². The number of ketones is 1. The van der Waals surface area contributed by atoms with Gasteiger partial charge in [-0.15, -0.1) is 0 Å². The van der Waals surface area contributed by atoms with Crippen LogP contribution in [0.4, 0.5) is 0 Å². The molecule has 0 N–H and O–H groups in total. The summed E-state index contributed by atoms with van der Waals surface area (Å²) in [6, 6.07) is 0. The van der Waals surface area contributed by atoms with Gasteiger partial charge in [0.05, 0.1) is 24.6 Å². The van der Waals surface area contributed by atoms with E-state index < -0.39 is 0 Å². The Kier molecular flexibility index (Phi) is 3.18. The van der Waals surface area contributed by atoms with Crippen molar-refractivity contribution in [2.24, 2.45) is 7.05 Å². The Morgan fingerprint density at radius 1 is 1.50 bits per heavy atom. The predicted molar refractivity (Wildman–Crippen MR) is 65.8 cm³/mol. The van der Waals surface area contributed by atoms with Gasteiger partial charge in [-0.3, -0.25) is 14.2 Å². The van der Waals surface area contributed by atoms with Crippen LogP contribution in [0.5, 0.6) is 5.75 Å². The summed E-state index contributed by atoms with van der Waals surface area (Å²) in [5.41, 5.74) is 1.75.